The monoisotopic (exact) mass is 589 g/mol. The Balaban J connectivity index is 1.24. The summed E-state index contributed by atoms with van der Waals surface area (Å²) in [5.41, 5.74) is 5.47. The molecule has 0 saturated heterocycles. The average Bonchev–Trinajstić information content (AvgIpc) is 3.01. The minimum Gasteiger partial charge on any atom is -0.325 e. The third-order valence-electron chi connectivity index (χ3n) is 7.50. The highest BCUT2D eigenvalue weighted by molar-refractivity contribution is 8.00. The van der Waals surface area contributed by atoms with Crippen LogP contribution in [0.25, 0.3) is 0 Å². The number of nitrogens with zero attached hydrogens (tertiary/aromatic N) is 1. The minimum absolute atomic E-state index is 0.0799. The molecule has 2 aliphatic rings. The van der Waals surface area contributed by atoms with Crippen molar-refractivity contribution in [2.24, 2.45) is 0 Å². The summed E-state index contributed by atoms with van der Waals surface area (Å²) >= 11 is 3.24. The van der Waals surface area contributed by atoms with E-state index in [1.807, 2.05) is 122 Å². The van der Waals surface area contributed by atoms with Crippen LogP contribution in [-0.4, -0.2) is 23.2 Å². The van der Waals surface area contributed by atoms with Crippen LogP contribution in [0.2, 0.25) is 0 Å². The van der Waals surface area contributed by atoms with Crippen molar-refractivity contribution in [1.82, 2.24) is 0 Å². The van der Waals surface area contributed by atoms with Gasteiger partial charge in [0.1, 0.15) is 5.25 Å². The number of para-hydroxylation sites is 1. The van der Waals surface area contributed by atoms with Gasteiger partial charge in [0, 0.05) is 21.2 Å². The molecule has 1 aliphatic carbocycles. The Morgan fingerprint density at radius 2 is 1.60 bits per heavy atom. The van der Waals surface area contributed by atoms with E-state index in [0.29, 0.717) is 5.69 Å². The number of anilines is 3. The molecule has 0 radical (unpaired) electrons. The number of rotatable bonds is 6. The number of fused-ring (bicyclic) bond motifs is 2. The van der Waals surface area contributed by atoms with Crippen molar-refractivity contribution in [3.05, 3.63) is 138 Å². The largest absolute Gasteiger partial charge is 0.326 e. The summed E-state index contributed by atoms with van der Waals surface area (Å²) in [5.74, 6) is -0.0973. The highest BCUT2D eigenvalue weighted by atomic mass is 32.2. The van der Waals surface area contributed by atoms with Crippen LogP contribution in [0, 0.1) is 13.8 Å². The number of urea groups is 1. The van der Waals surface area contributed by atoms with Crippen molar-refractivity contribution in [3.8, 4) is 0 Å². The van der Waals surface area contributed by atoms with Crippen molar-refractivity contribution < 1.29 is 9.59 Å². The first-order valence-corrected chi connectivity index (χ1v) is 15.6. The van der Waals surface area contributed by atoms with Gasteiger partial charge >= 0.3 is 6.03 Å². The number of hydrogen-bond donors (Lipinski definition) is 2. The summed E-state index contributed by atoms with van der Waals surface area (Å²) in [6.07, 6.45) is 8.27. The third kappa shape index (κ3) is 5.89. The molecular formula is C35H31N3O2S2. The zero-order chi connectivity index (χ0) is 29.1. The maximum atomic E-state index is 13.8. The fourth-order valence-corrected chi connectivity index (χ4v) is 7.52. The van der Waals surface area contributed by atoms with Gasteiger partial charge in [-0.05, 0) is 66.9 Å². The van der Waals surface area contributed by atoms with Gasteiger partial charge in [-0.1, -0.05) is 85.0 Å². The molecule has 3 unspecified atom stereocenters. The predicted octanol–water partition coefficient (Wildman–Crippen LogP) is 8.78. The van der Waals surface area contributed by atoms with Gasteiger partial charge in [-0.15, -0.1) is 23.5 Å². The first-order valence-electron chi connectivity index (χ1n) is 13.9. The molecule has 3 atom stereocenters. The molecule has 4 aromatic rings. The molecule has 6 rings (SSSR count). The van der Waals surface area contributed by atoms with Gasteiger partial charge in [0.05, 0.1) is 17.0 Å². The molecule has 210 valence electrons. The van der Waals surface area contributed by atoms with Crippen molar-refractivity contribution >= 4 is 52.5 Å². The molecule has 1 heterocycles. The summed E-state index contributed by atoms with van der Waals surface area (Å²) in [4.78, 5) is 31.3. The number of benzene rings is 4. The lowest BCUT2D eigenvalue weighted by Gasteiger charge is -2.40. The first kappa shape index (κ1) is 27.9. The summed E-state index contributed by atoms with van der Waals surface area (Å²) in [6.45, 7) is 4.06. The van der Waals surface area contributed by atoms with Crippen LogP contribution < -0.4 is 15.5 Å². The van der Waals surface area contributed by atoms with Crippen LogP contribution in [-0.2, 0) is 4.79 Å². The predicted molar refractivity (Wildman–Crippen MR) is 176 cm³/mol. The number of hydrogen-bond acceptors (Lipinski definition) is 4. The molecule has 5 nitrogen and oxygen atoms in total. The molecule has 0 aromatic heterocycles. The van der Waals surface area contributed by atoms with Gasteiger partial charge in [0.25, 0.3) is 0 Å². The number of carbonyl (C=O) groups excluding carboxylic acids is 2. The Morgan fingerprint density at radius 3 is 2.45 bits per heavy atom. The van der Waals surface area contributed by atoms with Crippen LogP contribution in [0.15, 0.2) is 131 Å². The second-order valence-corrected chi connectivity index (χ2v) is 12.7. The SMILES string of the molecule is Cc1cccc(NC(=O)C(Sc2cccc(NC(=O)N3c4ccccc4SC4C=CC=CC43)c2)c2ccccc2)c1C. The average molecular weight is 590 g/mol. The van der Waals surface area contributed by atoms with E-state index in [1.165, 1.54) is 11.8 Å². The second-order valence-electron chi connectivity index (χ2n) is 10.3. The van der Waals surface area contributed by atoms with E-state index in [-0.39, 0.29) is 23.2 Å². The quantitative estimate of drug-likeness (QED) is 0.221. The third-order valence-corrected chi connectivity index (χ3v) is 10.1. The van der Waals surface area contributed by atoms with Crippen molar-refractivity contribution in [1.29, 1.82) is 0 Å². The van der Waals surface area contributed by atoms with E-state index < -0.39 is 5.25 Å². The maximum Gasteiger partial charge on any atom is 0.326 e. The lowest BCUT2D eigenvalue weighted by atomic mass is 10.1. The Bertz CT molecular complexity index is 1680. The van der Waals surface area contributed by atoms with Gasteiger partial charge in [0.15, 0.2) is 0 Å². The highest BCUT2D eigenvalue weighted by Crippen LogP contribution is 2.44. The standard InChI is InChI=1S/C35H31N3O2S2/c1-23-12-10-17-28(24(23)2)37-34(39)33(25-13-4-3-5-14-25)41-27-16-11-15-26(22-27)36-35(40)38-29-18-6-8-20-31(29)42-32-21-9-7-19-30(32)38/h3-22,29,31,33H,1-2H3,(H,36,40)(H,37,39). The Morgan fingerprint density at radius 1 is 0.833 bits per heavy atom. The molecule has 3 amide bonds. The normalized spacial score (nSPS) is 17.6. The molecule has 0 spiro atoms. The summed E-state index contributed by atoms with van der Waals surface area (Å²) in [6, 6.07) is 31.2. The topological polar surface area (TPSA) is 61.4 Å². The Labute approximate surface area is 255 Å². The van der Waals surface area contributed by atoms with Gasteiger partial charge in [-0.25, -0.2) is 4.79 Å². The number of thioether (sulfide) groups is 2. The number of aryl methyl sites for hydroxylation is 1. The van der Waals surface area contributed by atoms with Gasteiger partial charge in [-0.2, -0.15) is 0 Å². The number of carbonyl (C=O) groups is 2. The van der Waals surface area contributed by atoms with E-state index in [1.54, 1.807) is 11.8 Å². The molecule has 2 N–H and O–H groups in total. The van der Waals surface area contributed by atoms with E-state index in [9.17, 15) is 9.59 Å². The van der Waals surface area contributed by atoms with Gasteiger partial charge < -0.3 is 10.6 Å². The number of allylic oxidation sites excluding steroid dienone is 2. The van der Waals surface area contributed by atoms with Crippen molar-refractivity contribution in [3.63, 3.8) is 0 Å². The van der Waals surface area contributed by atoms with E-state index in [0.717, 1.165) is 37.9 Å². The lowest BCUT2D eigenvalue weighted by molar-refractivity contribution is -0.115. The summed E-state index contributed by atoms with van der Waals surface area (Å²) in [5, 5.41) is 5.94. The van der Waals surface area contributed by atoms with Crippen LogP contribution >= 0.6 is 23.5 Å². The molecular weight excluding hydrogens is 559 g/mol. The zero-order valence-electron chi connectivity index (χ0n) is 23.4. The highest BCUT2D eigenvalue weighted by Gasteiger charge is 2.36. The molecule has 0 fully saturated rings. The molecule has 0 saturated carbocycles. The van der Waals surface area contributed by atoms with Gasteiger partial charge in [-0.3, -0.25) is 9.69 Å². The zero-order valence-corrected chi connectivity index (χ0v) is 25.0. The van der Waals surface area contributed by atoms with Crippen LogP contribution in [0.3, 0.4) is 0 Å². The second kappa shape index (κ2) is 12.3. The van der Waals surface area contributed by atoms with Crippen LogP contribution in [0.5, 0.6) is 0 Å². The van der Waals surface area contributed by atoms with Gasteiger partial charge in [0.2, 0.25) is 5.91 Å². The van der Waals surface area contributed by atoms with Crippen LogP contribution in [0.1, 0.15) is 21.9 Å². The maximum absolute atomic E-state index is 13.8. The molecule has 0 bridgehead atoms. The summed E-state index contributed by atoms with van der Waals surface area (Å²) < 4.78 is 0. The molecule has 1 aliphatic heterocycles. The van der Waals surface area contributed by atoms with E-state index in [4.69, 9.17) is 0 Å². The molecule has 7 heteroatoms. The fourth-order valence-electron chi connectivity index (χ4n) is 5.18. The summed E-state index contributed by atoms with van der Waals surface area (Å²) in [7, 11) is 0. The smallest absolute Gasteiger partial charge is 0.325 e. The van der Waals surface area contributed by atoms with Crippen molar-refractivity contribution in [2.45, 2.75) is 40.2 Å². The number of nitrogens with one attached hydrogen (secondary N) is 2. The van der Waals surface area contributed by atoms with E-state index in [2.05, 4.69) is 28.9 Å². The van der Waals surface area contributed by atoms with Crippen molar-refractivity contribution in [2.75, 3.05) is 15.5 Å². The Kier molecular flexibility index (Phi) is 8.22. The molecule has 42 heavy (non-hydrogen) atoms. The Hall–Kier alpha value is -4.20. The first-order chi connectivity index (χ1) is 20.5. The minimum atomic E-state index is -0.483. The van der Waals surface area contributed by atoms with E-state index >= 15 is 0 Å². The lowest BCUT2D eigenvalue weighted by Crippen LogP contribution is -2.49. The molecule has 4 aromatic carbocycles. The fraction of sp³-hybridized carbons (Fsp3) is 0.143. The number of amides is 3. The van der Waals surface area contributed by atoms with Crippen LogP contribution in [0.4, 0.5) is 21.9 Å².